The minimum absolute atomic E-state index is 0.272. The molecule has 92 valence electrons. The van der Waals surface area contributed by atoms with Gasteiger partial charge in [0, 0.05) is 18.8 Å². The van der Waals surface area contributed by atoms with Gasteiger partial charge in [0.2, 0.25) is 0 Å². The molecule has 3 N–H and O–H groups in total. The lowest BCUT2D eigenvalue weighted by Gasteiger charge is -2.18. The predicted molar refractivity (Wildman–Crippen MR) is 62.4 cm³/mol. The molecule has 0 aromatic heterocycles. The number of hydrogen-bond donors (Lipinski definition) is 3. The van der Waals surface area contributed by atoms with Crippen molar-refractivity contribution in [3.05, 3.63) is 29.3 Å². The first-order valence-electron chi connectivity index (χ1n) is 5.44. The van der Waals surface area contributed by atoms with Gasteiger partial charge in [-0.25, -0.2) is 4.79 Å². The third kappa shape index (κ3) is 2.25. The number of aliphatic hydroxyl groups is 2. The zero-order valence-corrected chi connectivity index (χ0v) is 9.50. The van der Waals surface area contributed by atoms with Crippen molar-refractivity contribution in [3.8, 4) is 0 Å². The van der Waals surface area contributed by atoms with Crippen LogP contribution in [0.1, 0.15) is 15.9 Å². The maximum atomic E-state index is 10.9. The van der Waals surface area contributed by atoms with Crippen molar-refractivity contribution in [2.75, 3.05) is 18.0 Å². The maximum absolute atomic E-state index is 10.9. The second-order valence-electron chi connectivity index (χ2n) is 4.34. The average molecular weight is 237 g/mol. The van der Waals surface area contributed by atoms with Gasteiger partial charge in [0.15, 0.2) is 0 Å². The van der Waals surface area contributed by atoms with E-state index in [0.717, 1.165) is 5.69 Å². The van der Waals surface area contributed by atoms with Crippen molar-refractivity contribution in [1.82, 2.24) is 0 Å². The largest absolute Gasteiger partial charge is 0.478 e. The summed E-state index contributed by atoms with van der Waals surface area (Å²) < 4.78 is 0. The summed E-state index contributed by atoms with van der Waals surface area (Å²) in [6.45, 7) is 2.47. The number of carboxylic acids is 1. The van der Waals surface area contributed by atoms with Gasteiger partial charge in [-0.15, -0.1) is 0 Å². The fraction of sp³-hybridized carbons (Fsp3) is 0.417. The highest BCUT2D eigenvalue weighted by molar-refractivity contribution is 5.89. The van der Waals surface area contributed by atoms with Gasteiger partial charge in [-0.2, -0.15) is 0 Å². The van der Waals surface area contributed by atoms with Crippen LogP contribution in [0, 0.1) is 6.92 Å². The first kappa shape index (κ1) is 11.9. The van der Waals surface area contributed by atoms with Crippen LogP contribution in [0.3, 0.4) is 0 Å². The lowest BCUT2D eigenvalue weighted by molar-refractivity contribution is 0.0572. The van der Waals surface area contributed by atoms with Gasteiger partial charge in [-0.05, 0) is 30.7 Å². The van der Waals surface area contributed by atoms with Crippen LogP contribution >= 0.6 is 0 Å². The van der Waals surface area contributed by atoms with E-state index >= 15 is 0 Å². The van der Waals surface area contributed by atoms with Gasteiger partial charge in [0.05, 0.1) is 17.8 Å². The number of carboxylic acid groups (broad SMARTS) is 1. The molecule has 2 unspecified atom stereocenters. The summed E-state index contributed by atoms with van der Waals surface area (Å²) >= 11 is 0. The number of aryl methyl sites for hydroxylation is 1. The second-order valence-corrected chi connectivity index (χ2v) is 4.34. The molecule has 0 bridgehead atoms. The van der Waals surface area contributed by atoms with E-state index in [1.54, 1.807) is 25.1 Å². The van der Waals surface area contributed by atoms with Gasteiger partial charge in [0.25, 0.3) is 0 Å². The summed E-state index contributed by atoms with van der Waals surface area (Å²) in [6.07, 6.45) is -1.48. The normalized spacial score (nSPS) is 24.1. The van der Waals surface area contributed by atoms with E-state index in [1.807, 2.05) is 4.90 Å². The molecule has 0 radical (unpaired) electrons. The highest BCUT2D eigenvalue weighted by Crippen LogP contribution is 2.23. The summed E-state index contributed by atoms with van der Waals surface area (Å²) in [5, 5.41) is 27.8. The molecule has 0 spiro atoms. The van der Waals surface area contributed by atoms with E-state index in [0.29, 0.717) is 18.7 Å². The Bertz CT molecular complexity index is 436. The molecule has 5 heteroatoms. The SMILES string of the molecule is Cc1cc(N2CC(O)C(O)C2)ccc1C(=O)O. The van der Waals surface area contributed by atoms with Crippen molar-refractivity contribution in [3.63, 3.8) is 0 Å². The van der Waals surface area contributed by atoms with Crippen LogP contribution in [0.25, 0.3) is 0 Å². The summed E-state index contributed by atoms with van der Waals surface area (Å²) in [7, 11) is 0. The molecule has 17 heavy (non-hydrogen) atoms. The summed E-state index contributed by atoms with van der Waals surface area (Å²) in [6, 6.07) is 5.00. The Balaban J connectivity index is 2.24. The van der Waals surface area contributed by atoms with Crippen LogP contribution in [0.5, 0.6) is 0 Å². The van der Waals surface area contributed by atoms with E-state index < -0.39 is 18.2 Å². The topological polar surface area (TPSA) is 81.0 Å². The molecule has 5 nitrogen and oxygen atoms in total. The Kier molecular flexibility index (Phi) is 3.04. The van der Waals surface area contributed by atoms with Crippen LogP contribution in [0.15, 0.2) is 18.2 Å². The minimum Gasteiger partial charge on any atom is -0.478 e. The molecule has 1 fully saturated rings. The van der Waals surface area contributed by atoms with E-state index in [-0.39, 0.29) is 5.56 Å². The van der Waals surface area contributed by atoms with E-state index in [4.69, 9.17) is 5.11 Å². The number of benzene rings is 1. The number of anilines is 1. The Hall–Kier alpha value is -1.59. The third-order valence-electron chi connectivity index (χ3n) is 3.06. The number of aliphatic hydroxyl groups excluding tert-OH is 2. The van der Waals surface area contributed by atoms with Crippen LogP contribution in [0.4, 0.5) is 5.69 Å². The highest BCUT2D eigenvalue weighted by atomic mass is 16.4. The second kappa shape index (κ2) is 4.35. The van der Waals surface area contributed by atoms with Crippen molar-refractivity contribution in [2.24, 2.45) is 0 Å². The zero-order chi connectivity index (χ0) is 12.6. The van der Waals surface area contributed by atoms with Crippen LogP contribution in [0.2, 0.25) is 0 Å². The predicted octanol–water partition coefficient (Wildman–Crippen LogP) is 0.235. The zero-order valence-electron chi connectivity index (χ0n) is 9.50. The van der Waals surface area contributed by atoms with Crippen LogP contribution < -0.4 is 4.90 Å². The lowest BCUT2D eigenvalue weighted by Crippen LogP contribution is -2.22. The van der Waals surface area contributed by atoms with Gasteiger partial charge in [0.1, 0.15) is 0 Å². The van der Waals surface area contributed by atoms with Crippen molar-refractivity contribution in [1.29, 1.82) is 0 Å². The summed E-state index contributed by atoms with van der Waals surface area (Å²) in [5.41, 5.74) is 1.77. The number of rotatable bonds is 2. The fourth-order valence-electron chi connectivity index (χ4n) is 2.06. The summed E-state index contributed by atoms with van der Waals surface area (Å²) in [4.78, 5) is 12.7. The number of carbonyl (C=O) groups is 1. The average Bonchev–Trinajstić information content (AvgIpc) is 2.58. The summed E-state index contributed by atoms with van der Waals surface area (Å²) in [5.74, 6) is -0.949. The van der Waals surface area contributed by atoms with Gasteiger partial charge in [-0.1, -0.05) is 0 Å². The maximum Gasteiger partial charge on any atom is 0.335 e. The lowest BCUT2D eigenvalue weighted by atomic mass is 10.1. The molecule has 1 aliphatic rings. The number of aromatic carboxylic acids is 1. The minimum atomic E-state index is -0.949. The monoisotopic (exact) mass is 237 g/mol. The number of β-amino-alcohol motifs (C(OH)–C–C–N with tert-alkyl or cyclic N) is 2. The van der Waals surface area contributed by atoms with E-state index in [9.17, 15) is 15.0 Å². The Morgan fingerprint density at radius 1 is 1.29 bits per heavy atom. The van der Waals surface area contributed by atoms with Gasteiger partial charge in [-0.3, -0.25) is 0 Å². The van der Waals surface area contributed by atoms with E-state index in [1.165, 1.54) is 0 Å². The Morgan fingerprint density at radius 3 is 2.35 bits per heavy atom. The third-order valence-corrected chi connectivity index (χ3v) is 3.06. The Morgan fingerprint density at radius 2 is 1.88 bits per heavy atom. The molecule has 1 heterocycles. The molecule has 1 aliphatic heterocycles. The molecule has 2 rings (SSSR count). The van der Waals surface area contributed by atoms with Crippen LogP contribution in [-0.2, 0) is 0 Å². The molecule has 1 aromatic carbocycles. The number of hydrogen-bond acceptors (Lipinski definition) is 4. The molecular weight excluding hydrogens is 222 g/mol. The van der Waals surface area contributed by atoms with Gasteiger partial charge >= 0.3 is 5.97 Å². The fourth-order valence-corrected chi connectivity index (χ4v) is 2.06. The number of nitrogens with zero attached hydrogens (tertiary/aromatic N) is 1. The molecule has 2 atom stereocenters. The van der Waals surface area contributed by atoms with Gasteiger partial charge < -0.3 is 20.2 Å². The first-order chi connectivity index (χ1) is 7.99. The van der Waals surface area contributed by atoms with Crippen LogP contribution in [-0.4, -0.2) is 46.6 Å². The van der Waals surface area contributed by atoms with Crippen molar-refractivity contribution < 1.29 is 20.1 Å². The Labute approximate surface area is 98.9 Å². The molecule has 1 saturated heterocycles. The van der Waals surface area contributed by atoms with Crippen molar-refractivity contribution >= 4 is 11.7 Å². The smallest absolute Gasteiger partial charge is 0.335 e. The molecular formula is C12H15NO4. The quantitative estimate of drug-likeness (QED) is 0.686. The highest BCUT2D eigenvalue weighted by Gasteiger charge is 2.29. The molecule has 0 saturated carbocycles. The first-order valence-corrected chi connectivity index (χ1v) is 5.44. The molecule has 0 aliphatic carbocycles. The molecule has 0 amide bonds. The van der Waals surface area contributed by atoms with E-state index in [2.05, 4.69) is 0 Å². The standard InChI is InChI=1S/C12H15NO4/c1-7-4-8(2-3-9(7)12(16)17)13-5-10(14)11(15)6-13/h2-4,10-11,14-15H,5-6H2,1H3,(H,16,17). The molecule has 1 aromatic rings. The van der Waals surface area contributed by atoms with Crippen molar-refractivity contribution in [2.45, 2.75) is 19.1 Å².